The summed E-state index contributed by atoms with van der Waals surface area (Å²) in [6.07, 6.45) is 2.92. The maximum absolute atomic E-state index is 12.0. The summed E-state index contributed by atoms with van der Waals surface area (Å²) >= 11 is 0. The Bertz CT molecular complexity index is 459. The average molecular weight is 280 g/mol. The number of rotatable bonds is 7. The Morgan fingerprint density at radius 3 is 2.85 bits per heavy atom. The zero-order valence-corrected chi connectivity index (χ0v) is 11.7. The Morgan fingerprint density at radius 2 is 2.35 bits per heavy atom. The molecular weight excluding hydrogens is 260 g/mol. The van der Waals surface area contributed by atoms with Crippen molar-refractivity contribution in [2.75, 3.05) is 7.11 Å². The molecule has 1 aromatic rings. The number of hydrogen-bond donors (Lipinski definition) is 3. The minimum atomic E-state index is -0.615. The van der Waals surface area contributed by atoms with Crippen LogP contribution in [0.3, 0.4) is 0 Å². The molecule has 7 heteroatoms. The van der Waals surface area contributed by atoms with E-state index in [9.17, 15) is 4.79 Å². The summed E-state index contributed by atoms with van der Waals surface area (Å²) < 4.78 is 4.95. The van der Waals surface area contributed by atoms with Crippen molar-refractivity contribution in [3.8, 4) is 5.88 Å². The Balaban J connectivity index is 2.59. The van der Waals surface area contributed by atoms with Gasteiger partial charge in [-0.3, -0.25) is 4.79 Å². The number of pyridine rings is 1. The minimum Gasteiger partial charge on any atom is -0.481 e. The van der Waals surface area contributed by atoms with Crippen LogP contribution in [-0.2, 0) is 11.3 Å². The van der Waals surface area contributed by atoms with Crippen LogP contribution in [0.15, 0.2) is 23.5 Å². The van der Waals surface area contributed by atoms with Crippen LogP contribution in [0.2, 0.25) is 0 Å². The number of nitrogens with zero attached hydrogens (tertiary/aromatic N) is 2. The molecule has 0 fully saturated rings. The van der Waals surface area contributed by atoms with Gasteiger partial charge in [0.25, 0.3) is 0 Å². The standard InChI is InChI=1S/C13H20N4O3/c1-3-4-10(12(14)17-19)13(18)16-8-9-5-6-11(20-2)15-7-9/h5-7,10,19H,3-4,8H2,1-2H3,(H2,14,17)(H,16,18). The second kappa shape index (κ2) is 7.98. The molecule has 0 saturated heterocycles. The minimum absolute atomic E-state index is 0.0720. The van der Waals surface area contributed by atoms with Crippen LogP contribution in [0.1, 0.15) is 25.3 Å². The van der Waals surface area contributed by atoms with E-state index in [1.54, 1.807) is 12.3 Å². The van der Waals surface area contributed by atoms with E-state index < -0.39 is 5.92 Å². The second-order valence-electron chi connectivity index (χ2n) is 4.29. The Morgan fingerprint density at radius 1 is 1.60 bits per heavy atom. The molecule has 0 aliphatic carbocycles. The molecule has 1 atom stereocenters. The first-order valence-electron chi connectivity index (χ1n) is 6.36. The van der Waals surface area contributed by atoms with Gasteiger partial charge in [0.15, 0.2) is 5.84 Å². The van der Waals surface area contributed by atoms with Crippen LogP contribution in [0.4, 0.5) is 0 Å². The smallest absolute Gasteiger partial charge is 0.231 e. The highest BCUT2D eigenvalue weighted by Crippen LogP contribution is 2.09. The van der Waals surface area contributed by atoms with Gasteiger partial charge in [0, 0.05) is 18.8 Å². The molecule has 20 heavy (non-hydrogen) atoms. The summed E-state index contributed by atoms with van der Waals surface area (Å²) in [7, 11) is 1.54. The zero-order valence-electron chi connectivity index (χ0n) is 11.7. The van der Waals surface area contributed by atoms with E-state index in [4.69, 9.17) is 15.7 Å². The van der Waals surface area contributed by atoms with Gasteiger partial charge in [0.05, 0.1) is 13.0 Å². The van der Waals surface area contributed by atoms with Crippen LogP contribution in [-0.4, -0.2) is 29.0 Å². The molecule has 1 rings (SSSR count). The van der Waals surface area contributed by atoms with E-state index in [2.05, 4.69) is 15.5 Å². The van der Waals surface area contributed by atoms with Gasteiger partial charge in [-0.05, 0) is 12.0 Å². The third-order valence-corrected chi connectivity index (χ3v) is 2.84. The molecule has 4 N–H and O–H groups in total. The summed E-state index contributed by atoms with van der Waals surface area (Å²) in [5.41, 5.74) is 6.36. The van der Waals surface area contributed by atoms with Crippen molar-refractivity contribution in [1.29, 1.82) is 0 Å². The third-order valence-electron chi connectivity index (χ3n) is 2.84. The van der Waals surface area contributed by atoms with Crippen LogP contribution in [0.25, 0.3) is 0 Å². The topological polar surface area (TPSA) is 110 Å². The first-order valence-corrected chi connectivity index (χ1v) is 6.36. The first-order chi connectivity index (χ1) is 9.62. The lowest BCUT2D eigenvalue weighted by molar-refractivity contribution is -0.123. The van der Waals surface area contributed by atoms with E-state index in [-0.39, 0.29) is 11.7 Å². The molecule has 0 aliphatic rings. The molecule has 0 spiro atoms. The number of amidine groups is 1. The van der Waals surface area contributed by atoms with Gasteiger partial charge in [0.2, 0.25) is 11.8 Å². The van der Waals surface area contributed by atoms with Crippen molar-refractivity contribution in [2.24, 2.45) is 16.8 Å². The maximum atomic E-state index is 12.0. The number of aromatic nitrogens is 1. The lowest BCUT2D eigenvalue weighted by atomic mass is 10.0. The number of amides is 1. The molecule has 0 saturated carbocycles. The number of nitrogens with one attached hydrogen (secondary N) is 1. The molecule has 1 amide bonds. The Labute approximate surface area is 117 Å². The molecule has 0 bridgehead atoms. The van der Waals surface area contributed by atoms with Gasteiger partial charge in [-0.25, -0.2) is 4.98 Å². The molecule has 1 unspecified atom stereocenters. The zero-order chi connectivity index (χ0) is 15.0. The van der Waals surface area contributed by atoms with Gasteiger partial charge >= 0.3 is 0 Å². The van der Waals surface area contributed by atoms with Crippen LogP contribution < -0.4 is 15.8 Å². The van der Waals surface area contributed by atoms with Crippen LogP contribution in [0, 0.1) is 5.92 Å². The van der Waals surface area contributed by atoms with Gasteiger partial charge in [-0.15, -0.1) is 0 Å². The van der Waals surface area contributed by atoms with Crippen LogP contribution >= 0.6 is 0 Å². The van der Waals surface area contributed by atoms with E-state index >= 15 is 0 Å². The lowest BCUT2D eigenvalue weighted by Gasteiger charge is -2.14. The predicted octanol–water partition coefficient (Wildman–Crippen LogP) is 0.869. The fourth-order valence-electron chi connectivity index (χ4n) is 1.72. The summed E-state index contributed by atoms with van der Waals surface area (Å²) in [4.78, 5) is 16.0. The molecule has 1 aromatic heterocycles. The fourth-order valence-corrected chi connectivity index (χ4v) is 1.72. The van der Waals surface area contributed by atoms with E-state index in [1.807, 2.05) is 13.0 Å². The number of ether oxygens (including phenoxy) is 1. The molecule has 7 nitrogen and oxygen atoms in total. The number of oxime groups is 1. The molecule has 0 aliphatic heterocycles. The highest BCUT2D eigenvalue weighted by molar-refractivity contribution is 6.01. The van der Waals surface area contributed by atoms with E-state index in [0.29, 0.717) is 18.8 Å². The van der Waals surface area contributed by atoms with Crippen LogP contribution in [0.5, 0.6) is 5.88 Å². The molecule has 1 heterocycles. The molecule has 0 aromatic carbocycles. The fraction of sp³-hybridized carbons (Fsp3) is 0.462. The number of carbonyl (C=O) groups excluding carboxylic acids is 1. The van der Waals surface area contributed by atoms with Gasteiger partial charge < -0.3 is 21.0 Å². The van der Waals surface area contributed by atoms with E-state index in [1.165, 1.54) is 7.11 Å². The summed E-state index contributed by atoms with van der Waals surface area (Å²) in [5.74, 6) is -0.438. The van der Waals surface area contributed by atoms with Gasteiger partial charge in [-0.1, -0.05) is 24.6 Å². The van der Waals surface area contributed by atoms with Crippen molar-refractivity contribution in [3.05, 3.63) is 23.9 Å². The monoisotopic (exact) mass is 280 g/mol. The van der Waals surface area contributed by atoms with Crippen molar-refractivity contribution >= 4 is 11.7 Å². The Hall–Kier alpha value is -2.31. The van der Waals surface area contributed by atoms with Crippen molar-refractivity contribution < 1.29 is 14.7 Å². The molecular formula is C13H20N4O3. The third kappa shape index (κ3) is 4.42. The average Bonchev–Trinajstić information content (AvgIpc) is 2.50. The SMILES string of the molecule is CCCC(C(=O)NCc1ccc(OC)nc1)C(N)=NO. The normalized spacial score (nSPS) is 12.8. The summed E-state index contributed by atoms with van der Waals surface area (Å²) in [6, 6.07) is 3.53. The molecule has 110 valence electrons. The molecule has 0 radical (unpaired) electrons. The summed E-state index contributed by atoms with van der Waals surface area (Å²) in [5, 5.41) is 14.3. The van der Waals surface area contributed by atoms with Crippen molar-refractivity contribution in [1.82, 2.24) is 10.3 Å². The van der Waals surface area contributed by atoms with Gasteiger partial charge in [-0.2, -0.15) is 0 Å². The lowest BCUT2D eigenvalue weighted by Crippen LogP contribution is -2.38. The Kier molecular flexibility index (Phi) is 6.28. The van der Waals surface area contributed by atoms with Crippen molar-refractivity contribution in [3.63, 3.8) is 0 Å². The first kappa shape index (κ1) is 15.7. The van der Waals surface area contributed by atoms with Gasteiger partial charge in [0.1, 0.15) is 0 Å². The highest BCUT2D eigenvalue weighted by atomic mass is 16.5. The summed E-state index contributed by atoms with van der Waals surface area (Å²) in [6.45, 7) is 2.26. The quantitative estimate of drug-likeness (QED) is 0.297. The number of carbonyl (C=O) groups is 1. The number of methoxy groups -OCH3 is 1. The number of nitrogens with two attached hydrogens (primary N) is 1. The number of hydrogen-bond acceptors (Lipinski definition) is 5. The highest BCUT2D eigenvalue weighted by Gasteiger charge is 2.21. The predicted molar refractivity (Wildman–Crippen MR) is 74.4 cm³/mol. The van der Waals surface area contributed by atoms with E-state index in [0.717, 1.165) is 12.0 Å². The largest absolute Gasteiger partial charge is 0.481 e. The van der Waals surface area contributed by atoms with Crippen molar-refractivity contribution in [2.45, 2.75) is 26.3 Å². The second-order valence-corrected chi connectivity index (χ2v) is 4.29. The maximum Gasteiger partial charge on any atom is 0.231 e.